The predicted molar refractivity (Wildman–Crippen MR) is 65.4 cm³/mol. The SMILES string of the molecule is COc1cccnc1-c1ccc(C)cc1N. The molecule has 82 valence electrons. The van der Waals surface area contributed by atoms with Gasteiger partial charge in [-0.3, -0.25) is 4.98 Å². The molecule has 0 radical (unpaired) electrons. The van der Waals surface area contributed by atoms with Crippen LogP contribution in [0.15, 0.2) is 36.5 Å². The Balaban J connectivity index is 2.58. The van der Waals surface area contributed by atoms with Crippen LogP contribution in [0.25, 0.3) is 11.3 Å². The molecule has 0 aliphatic heterocycles. The molecule has 1 aromatic carbocycles. The molecule has 3 nitrogen and oxygen atoms in total. The number of hydrogen-bond acceptors (Lipinski definition) is 3. The second-order valence-electron chi connectivity index (χ2n) is 3.64. The summed E-state index contributed by atoms with van der Waals surface area (Å²) in [5.74, 6) is 0.734. The largest absolute Gasteiger partial charge is 0.494 e. The third kappa shape index (κ3) is 1.84. The topological polar surface area (TPSA) is 48.1 Å². The molecule has 0 aliphatic carbocycles. The Bertz CT molecular complexity index is 509. The average Bonchev–Trinajstić information content (AvgIpc) is 2.29. The quantitative estimate of drug-likeness (QED) is 0.782. The highest BCUT2D eigenvalue weighted by atomic mass is 16.5. The van der Waals surface area contributed by atoms with Crippen molar-refractivity contribution in [2.24, 2.45) is 0 Å². The molecule has 0 aliphatic rings. The van der Waals surface area contributed by atoms with Gasteiger partial charge in [-0.25, -0.2) is 0 Å². The van der Waals surface area contributed by atoms with Gasteiger partial charge < -0.3 is 10.5 Å². The van der Waals surface area contributed by atoms with Crippen LogP contribution in [-0.4, -0.2) is 12.1 Å². The van der Waals surface area contributed by atoms with Crippen molar-refractivity contribution in [1.82, 2.24) is 4.98 Å². The van der Waals surface area contributed by atoms with Crippen molar-refractivity contribution in [2.45, 2.75) is 6.92 Å². The Morgan fingerprint density at radius 1 is 1.25 bits per heavy atom. The first-order valence-electron chi connectivity index (χ1n) is 5.08. The van der Waals surface area contributed by atoms with E-state index in [1.54, 1.807) is 13.3 Å². The van der Waals surface area contributed by atoms with E-state index in [1.807, 2.05) is 37.3 Å². The molecule has 16 heavy (non-hydrogen) atoms. The van der Waals surface area contributed by atoms with Gasteiger partial charge in [-0.1, -0.05) is 12.1 Å². The van der Waals surface area contributed by atoms with Crippen LogP contribution in [0.2, 0.25) is 0 Å². The van der Waals surface area contributed by atoms with E-state index in [4.69, 9.17) is 10.5 Å². The number of anilines is 1. The van der Waals surface area contributed by atoms with Gasteiger partial charge in [0.25, 0.3) is 0 Å². The van der Waals surface area contributed by atoms with Gasteiger partial charge in [0.05, 0.1) is 7.11 Å². The number of nitrogen functional groups attached to an aromatic ring is 1. The lowest BCUT2D eigenvalue weighted by Gasteiger charge is -2.09. The van der Waals surface area contributed by atoms with Crippen LogP contribution >= 0.6 is 0 Å². The number of hydrogen-bond donors (Lipinski definition) is 1. The minimum atomic E-state index is 0.719. The number of pyridine rings is 1. The number of methoxy groups -OCH3 is 1. The van der Waals surface area contributed by atoms with E-state index in [1.165, 1.54) is 0 Å². The lowest BCUT2D eigenvalue weighted by Crippen LogP contribution is -1.95. The molecule has 3 heteroatoms. The summed E-state index contributed by atoms with van der Waals surface area (Å²) in [5.41, 5.74) is 9.52. The van der Waals surface area contributed by atoms with Crippen molar-refractivity contribution >= 4 is 5.69 Å². The summed E-state index contributed by atoms with van der Waals surface area (Å²) in [6.45, 7) is 2.01. The van der Waals surface area contributed by atoms with Gasteiger partial charge in [-0.05, 0) is 30.7 Å². The number of nitrogens with zero attached hydrogens (tertiary/aromatic N) is 1. The van der Waals surface area contributed by atoms with Gasteiger partial charge in [0, 0.05) is 17.4 Å². The second-order valence-corrected chi connectivity index (χ2v) is 3.64. The van der Waals surface area contributed by atoms with E-state index in [2.05, 4.69) is 4.98 Å². The van der Waals surface area contributed by atoms with Crippen molar-refractivity contribution in [3.63, 3.8) is 0 Å². The van der Waals surface area contributed by atoms with E-state index in [0.717, 1.165) is 28.3 Å². The number of nitrogens with two attached hydrogens (primary N) is 1. The van der Waals surface area contributed by atoms with E-state index in [-0.39, 0.29) is 0 Å². The number of rotatable bonds is 2. The lowest BCUT2D eigenvalue weighted by atomic mass is 10.1. The van der Waals surface area contributed by atoms with E-state index in [9.17, 15) is 0 Å². The smallest absolute Gasteiger partial charge is 0.145 e. The van der Waals surface area contributed by atoms with E-state index >= 15 is 0 Å². The maximum atomic E-state index is 5.98. The van der Waals surface area contributed by atoms with Gasteiger partial charge in [-0.2, -0.15) is 0 Å². The Kier molecular flexibility index (Phi) is 2.77. The Labute approximate surface area is 94.9 Å². The summed E-state index contributed by atoms with van der Waals surface area (Å²) in [7, 11) is 1.63. The summed E-state index contributed by atoms with van der Waals surface area (Å²) >= 11 is 0. The zero-order valence-corrected chi connectivity index (χ0v) is 9.40. The fraction of sp³-hybridized carbons (Fsp3) is 0.154. The molecule has 0 atom stereocenters. The fourth-order valence-electron chi connectivity index (χ4n) is 1.66. The lowest BCUT2D eigenvalue weighted by molar-refractivity contribution is 0.415. The highest BCUT2D eigenvalue weighted by molar-refractivity contribution is 5.77. The van der Waals surface area contributed by atoms with Crippen molar-refractivity contribution in [1.29, 1.82) is 0 Å². The van der Waals surface area contributed by atoms with Gasteiger partial charge in [-0.15, -0.1) is 0 Å². The van der Waals surface area contributed by atoms with Gasteiger partial charge >= 0.3 is 0 Å². The van der Waals surface area contributed by atoms with Crippen LogP contribution in [0.1, 0.15) is 5.56 Å². The molecular weight excluding hydrogens is 200 g/mol. The van der Waals surface area contributed by atoms with Crippen LogP contribution in [0.3, 0.4) is 0 Å². The highest BCUT2D eigenvalue weighted by Crippen LogP contribution is 2.31. The molecule has 1 aromatic heterocycles. The Morgan fingerprint density at radius 3 is 2.75 bits per heavy atom. The summed E-state index contributed by atoms with van der Waals surface area (Å²) < 4.78 is 5.27. The van der Waals surface area contributed by atoms with E-state index in [0.29, 0.717) is 0 Å². The predicted octanol–water partition coefficient (Wildman–Crippen LogP) is 2.65. The van der Waals surface area contributed by atoms with Gasteiger partial charge in [0.1, 0.15) is 11.4 Å². The minimum Gasteiger partial charge on any atom is -0.494 e. The van der Waals surface area contributed by atoms with Crippen molar-refractivity contribution < 1.29 is 4.74 Å². The molecule has 0 saturated carbocycles. The van der Waals surface area contributed by atoms with Crippen LogP contribution in [-0.2, 0) is 0 Å². The molecule has 0 saturated heterocycles. The number of aryl methyl sites for hydroxylation is 1. The zero-order valence-electron chi connectivity index (χ0n) is 9.40. The Hall–Kier alpha value is -2.03. The third-order valence-corrected chi connectivity index (χ3v) is 2.45. The van der Waals surface area contributed by atoms with Crippen LogP contribution in [0.5, 0.6) is 5.75 Å². The molecule has 0 fully saturated rings. The third-order valence-electron chi connectivity index (χ3n) is 2.45. The Morgan fingerprint density at radius 2 is 2.06 bits per heavy atom. The van der Waals surface area contributed by atoms with E-state index < -0.39 is 0 Å². The summed E-state index contributed by atoms with van der Waals surface area (Å²) in [4.78, 5) is 4.31. The molecule has 2 N–H and O–H groups in total. The van der Waals surface area contributed by atoms with Crippen molar-refractivity contribution in [3.05, 3.63) is 42.1 Å². The normalized spacial score (nSPS) is 10.1. The molecule has 2 rings (SSSR count). The zero-order chi connectivity index (χ0) is 11.5. The molecule has 0 amide bonds. The van der Waals surface area contributed by atoms with Crippen molar-refractivity contribution in [3.8, 4) is 17.0 Å². The molecule has 0 spiro atoms. The monoisotopic (exact) mass is 214 g/mol. The first-order valence-corrected chi connectivity index (χ1v) is 5.08. The summed E-state index contributed by atoms with van der Waals surface area (Å²) in [5, 5.41) is 0. The average molecular weight is 214 g/mol. The minimum absolute atomic E-state index is 0.719. The molecule has 0 unspecified atom stereocenters. The maximum Gasteiger partial charge on any atom is 0.145 e. The molecule has 1 heterocycles. The first-order chi connectivity index (χ1) is 7.72. The number of ether oxygens (including phenoxy) is 1. The summed E-state index contributed by atoms with van der Waals surface area (Å²) in [6, 6.07) is 9.63. The van der Waals surface area contributed by atoms with Crippen LogP contribution in [0.4, 0.5) is 5.69 Å². The van der Waals surface area contributed by atoms with Gasteiger partial charge in [0.2, 0.25) is 0 Å². The second kappa shape index (κ2) is 4.23. The van der Waals surface area contributed by atoms with Crippen molar-refractivity contribution in [2.75, 3.05) is 12.8 Å². The number of aromatic nitrogens is 1. The molecule has 2 aromatic rings. The van der Waals surface area contributed by atoms with Crippen LogP contribution in [0, 0.1) is 6.92 Å². The summed E-state index contributed by atoms with van der Waals surface area (Å²) in [6.07, 6.45) is 1.73. The van der Waals surface area contributed by atoms with Crippen LogP contribution < -0.4 is 10.5 Å². The number of benzene rings is 1. The molecule has 0 bridgehead atoms. The fourth-order valence-corrected chi connectivity index (χ4v) is 1.66. The maximum absolute atomic E-state index is 5.98. The highest BCUT2D eigenvalue weighted by Gasteiger charge is 2.09. The molecular formula is C13H14N2O. The standard InChI is InChI=1S/C13H14N2O/c1-9-5-6-10(11(14)8-9)13-12(16-2)4-3-7-15-13/h3-8H,14H2,1-2H3. The first kappa shape index (κ1) is 10.5. The van der Waals surface area contributed by atoms with Gasteiger partial charge in [0.15, 0.2) is 0 Å².